The van der Waals surface area contributed by atoms with Gasteiger partial charge in [0.2, 0.25) is 5.95 Å². The summed E-state index contributed by atoms with van der Waals surface area (Å²) in [6, 6.07) is 2.29. The van der Waals surface area contributed by atoms with Gasteiger partial charge in [0.25, 0.3) is 0 Å². The highest BCUT2D eigenvalue weighted by Gasteiger charge is 2.22. The van der Waals surface area contributed by atoms with Crippen LogP contribution < -0.4 is 10.6 Å². The molecule has 1 aliphatic carbocycles. The number of hydrogen-bond donors (Lipinski definition) is 3. The first-order valence-electron chi connectivity index (χ1n) is 8.32. The van der Waals surface area contributed by atoms with Crippen LogP contribution in [0.15, 0.2) is 17.5 Å². The molecule has 25 heavy (non-hydrogen) atoms. The van der Waals surface area contributed by atoms with Gasteiger partial charge in [-0.2, -0.15) is 9.36 Å². The van der Waals surface area contributed by atoms with E-state index in [1.807, 2.05) is 19.2 Å². The van der Waals surface area contributed by atoms with E-state index in [2.05, 4.69) is 31.6 Å². The van der Waals surface area contributed by atoms with Gasteiger partial charge in [-0.3, -0.25) is 0 Å². The summed E-state index contributed by atoms with van der Waals surface area (Å²) < 4.78 is 4.27. The molecule has 0 saturated heterocycles. The number of rotatable bonds is 6. The minimum Gasteiger partial charge on any atom is -0.393 e. The molecule has 6 nitrogen and oxygen atoms in total. The SMILES string of the molecule is C=Cc1nc(Nc2cc(C)ns2)nc(NC2CCC(O)CC2)c1SC. The average molecular weight is 378 g/mol. The topological polar surface area (TPSA) is 83.0 Å². The second kappa shape index (κ2) is 8.16. The number of aliphatic hydroxyl groups is 1. The molecule has 8 heteroatoms. The van der Waals surface area contributed by atoms with Gasteiger partial charge in [0.05, 0.1) is 22.4 Å². The average Bonchev–Trinajstić information content (AvgIpc) is 3.01. The molecule has 1 aliphatic rings. The molecule has 134 valence electrons. The third-order valence-electron chi connectivity index (χ3n) is 4.19. The van der Waals surface area contributed by atoms with E-state index < -0.39 is 0 Å². The highest BCUT2D eigenvalue weighted by Crippen LogP contribution is 2.32. The molecule has 1 saturated carbocycles. The van der Waals surface area contributed by atoms with Crippen molar-refractivity contribution in [2.75, 3.05) is 16.9 Å². The van der Waals surface area contributed by atoms with Gasteiger partial charge in [0.1, 0.15) is 10.8 Å². The van der Waals surface area contributed by atoms with Gasteiger partial charge >= 0.3 is 0 Å². The second-order valence-corrected chi connectivity index (χ2v) is 7.75. The molecule has 3 rings (SSSR count). The molecule has 0 spiro atoms. The summed E-state index contributed by atoms with van der Waals surface area (Å²) in [4.78, 5) is 10.2. The van der Waals surface area contributed by atoms with E-state index >= 15 is 0 Å². The van der Waals surface area contributed by atoms with Crippen molar-refractivity contribution in [2.45, 2.75) is 49.6 Å². The van der Waals surface area contributed by atoms with E-state index in [1.54, 1.807) is 17.8 Å². The van der Waals surface area contributed by atoms with Crippen LogP contribution in [0, 0.1) is 6.92 Å². The third-order valence-corrected chi connectivity index (χ3v) is 5.80. The summed E-state index contributed by atoms with van der Waals surface area (Å²) in [7, 11) is 0. The van der Waals surface area contributed by atoms with Crippen LogP contribution in [0.4, 0.5) is 16.8 Å². The molecule has 0 atom stereocenters. The maximum atomic E-state index is 9.70. The minimum absolute atomic E-state index is 0.168. The molecule has 2 aromatic rings. The zero-order valence-corrected chi connectivity index (χ0v) is 16.1. The molecule has 0 aliphatic heterocycles. The Morgan fingerprint density at radius 1 is 1.32 bits per heavy atom. The van der Waals surface area contributed by atoms with Gasteiger partial charge < -0.3 is 15.7 Å². The van der Waals surface area contributed by atoms with Crippen molar-refractivity contribution < 1.29 is 5.11 Å². The normalized spacial score (nSPS) is 20.3. The van der Waals surface area contributed by atoms with Gasteiger partial charge in [-0.25, -0.2) is 4.98 Å². The molecular formula is C17H23N5OS2. The summed E-state index contributed by atoms with van der Waals surface area (Å²) in [5.41, 5.74) is 1.78. The van der Waals surface area contributed by atoms with Gasteiger partial charge in [-0.15, -0.1) is 11.8 Å². The first kappa shape index (κ1) is 18.2. The predicted octanol–water partition coefficient (Wildman–Crippen LogP) is 4.07. The van der Waals surface area contributed by atoms with Crippen LogP contribution >= 0.6 is 23.3 Å². The van der Waals surface area contributed by atoms with Crippen LogP contribution in [-0.2, 0) is 0 Å². The molecule has 1 fully saturated rings. The predicted molar refractivity (Wildman–Crippen MR) is 106 cm³/mol. The van der Waals surface area contributed by atoms with Crippen molar-refractivity contribution >= 4 is 46.1 Å². The molecule has 2 aromatic heterocycles. The van der Waals surface area contributed by atoms with Gasteiger partial charge in [0.15, 0.2) is 0 Å². The Morgan fingerprint density at radius 3 is 2.68 bits per heavy atom. The molecular weight excluding hydrogens is 354 g/mol. The monoisotopic (exact) mass is 377 g/mol. The number of aromatic nitrogens is 3. The largest absolute Gasteiger partial charge is 0.393 e. The van der Waals surface area contributed by atoms with Crippen molar-refractivity contribution in [2.24, 2.45) is 0 Å². The fraction of sp³-hybridized carbons (Fsp3) is 0.471. The minimum atomic E-state index is -0.168. The first-order chi connectivity index (χ1) is 12.1. The summed E-state index contributed by atoms with van der Waals surface area (Å²) in [6.45, 7) is 5.85. The first-order valence-corrected chi connectivity index (χ1v) is 10.3. The lowest BCUT2D eigenvalue weighted by atomic mass is 9.93. The number of hydrogen-bond acceptors (Lipinski definition) is 8. The lowest BCUT2D eigenvalue weighted by Gasteiger charge is -2.27. The molecule has 3 N–H and O–H groups in total. The maximum absolute atomic E-state index is 9.70. The van der Waals surface area contributed by atoms with Gasteiger partial charge in [-0.05, 0) is 62.5 Å². The summed E-state index contributed by atoms with van der Waals surface area (Å²) in [6.07, 6.45) is 7.15. The fourth-order valence-corrected chi connectivity index (χ4v) is 4.20. The van der Waals surface area contributed by atoms with Crippen LogP contribution in [0.5, 0.6) is 0 Å². The zero-order chi connectivity index (χ0) is 17.8. The lowest BCUT2D eigenvalue weighted by molar-refractivity contribution is 0.126. The van der Waals surface area contributed by atoms with Crippen LogP contribution in [-0.4, -0.2) is 37.8 Å². The zero-order valence-electron chi connectivity index (χ0n) is 14.5. The summed E-state index contributed by atoms with van der Waals surface area (Å²) in [5.74, 6) is 1.36. The Labute approximate surface area is 156 Å². The number of thioether (sulfide) groups is 1. The number of aliphatic hydroxyl groups excluding tert-OH is 1. The van der Waals surface area contributed by atoms with Crippen molar-refractivity contribution in [3.8, 4) is 0 Å². The van der Waals surface area contributed by atoms with Crippen molar-refractivity contribution in [1.82, 2.24) is 14.3 Å². The molecule has 2 heterocycles. The van der Waals surface area contributed by atoms with Crippen LogP contribution in [0.2, 0.25) is 0 Å². The number of anilines is 3. The number of nitrogens with zero attached hydrogens (tertiary/aromatic N) is 3. The highest BCUT2D eigenvalue weighted by atomic mass is 32.2. The van der Waals surface area contributed by atoms with Crippen molar-refractivity contribution in [1.29, 1.82) is 0 Å². The maximum Gasteiger partial charge on any atom is 0.230 e. The Balaban J connectivity index is 1.86. The number of aryl methyl sites for hydroxylation is 1. The quantitative estimate of drug-likeness (QED) is 0.655. The molecule has 0 amide bonds. The van der Waals surface area contributed by atoms with E-state index in [9.17, 15) is 5.11 Å². The van der Waals surface area contributed by atoms with Crippen LogP contribution in [0.1, 0.15) is 37.1 Å². The second-order valence-electron chi connectivity index (χ2n) is 6.13. The lowest BCUT2D eigenvalue weighted by Crippen LogP contribution is -2.29. The van der Waals surface area contributed by atoms with E-state index in [0.29, 0.717) is 12.0 Å². The van der Waals surface area contributed by atoms with Crippen LogP contribution in [0.25, 0.3) is 6.08 Å². The Bertz CT molecular complexity index is 741. The molecule has 0 unspecified atom stereocenters. The molecule has 0 bridgehead atoms. The Morgan fingerprint density at radius 2 is 2.08 bits per heavy atom. The van der Waals surface area contributed by atoms with Gasteiger partial charge in [0, 0.05) is 6.04 Å². The van der Waals surface area contributed by atoms with E-state index in [1.165, 1.54) is 11.5 Å². The molecule has 0 radical (unpaired) electrons. The van der Waals surface area contributed by atoms with Crippen molar-refractivity contribution in [3.05, 3.63) is 24.0 Å². The summed E-state index contributed by atoms with van der Waals surface area (Å²) in [5, 5.41) is 17.4. The van der Waals surface area contributed by atoms with E-state index in [-0.39, 0.29) is 6.10 Å². The Kier molecular flexibility index (Phi) is 5.93. The third kappa shape index (κ3) is 4.50. The van der Waals surface area contributed by atoms with E-state index in [4.69, 9.17) is 0 Å². The standard InChI is InChI=1S/C17H23N5OS2/c1-4-13-15(24-3)16(18-11-5-7-12(23)8-6-11)21-17(19-13)20-14-9-10(2)22-25-14/h4,9,11-12,23H,1,5-8H2,2-3H3,(H2,18,19,20,21). The number of nitrogens with one attached hydrogen (secondary N) is 2. The van der Waals surface area contributed by atoms with Gasteiger partial charge in [-0.1, -0.05) is 6.58 Å². The Hall–Kier alpha value is -1.64. The highest BCUT2D eigenvalue weighted by molar-refractivity contribution is 7.98. The van der Waals surface area contributed by atoms with E-state index in [0.717, 1.165) is 52.8 Å². The fourth-order valence-electron chi connectivity index (χ4n) is 2.91. The smallest absolute Gasteiger partial charge is 0.230 e. The van der Waals surface area contributed by atoms with Crippen molar-refractivity contribution in [3.63, 3.8) is 0 Å². The summed E-state index contributed by atoms with van der Waals surface area (Å²) >= 11 is 3.00. The van der Waals surface area contributed by atoms with Crippen LogP contribution in [0.3, 0.4) is 0 Å². The molecule has 0 aromatic carbocycles.